The van der Waals surface area contributed by atoms with E-state index in [1.807, 2.05) is 42.3 Å². The van der Waals surface area contributed by atoms with E-state index in [1.165, 1.54) is 12.1 Å². The third-order valence-corrected chi connectivity index (χ3v) is 3.81. The van der Waals surface area contributed by atoms with Crippen LogP contribution < -0.4 is 5.32 Å². The molecule has 1 unspecified atom stereocenters. The summed E-state index contributed by atoms with van der Waals surface area (Å²) in [5.74, 6) is 0.534. The van der Waals surface area contributed by atoms with Gasteiger partial charge in [-0.2, -0.15) is 0 Å². The standard InChI is InChI=1S/C19H24FN3O/c1-21-19(23(2)14-15-9-11-17(20)12-10-15)22-13-18(24-3)16-7-5-4-6-8-16/h4-12,18H,13-14H2,1-3H3,(H,21,22). The fourth-order valence-electron chi connectivity index (χ4n) is 2.51. The molecule has 0 amide bonds. The zero-order valence-electron chi connectivity index (χ0n) is 14.4. The van der Waals surface area contributed by atoms with Crippen LogP contribution in [0.1, 0.15) is 17.2 Å². The molecule has 5 heteroatoms. The topological polar surface area (TPSA) is 36.9 Å². The van der Waals surface area contributed by atoms with E-state index in [2.05, 4.69) is 10.3 Å². The van der Waals surface area contributed by atoms with Crippen molar-refractivity contribution in [1.82, 2.24) is 10.2 Å². The number of benzene rings is 2. The molecule has 0 aliphatic carbocycles. The highest BCUT2D eigenvalue weighted by molar-refractivity contribution is 5.79. The maximum Gasteiger partial charge on any atom is 0.193 e. The average molecular weight is 329 g/mol. The summed E-state index contributed by atoms with van der Waals surface area (Å²) in [5.41, 5.74) is 2.14. The molecule has 2 aromatic rings. The first-order chi connectivity index (χ1) is 11.6. The normalized spacial score (nSPS) is 12.8. The van der Waals surface area contributed by atoms with Crippen LogP contribution in [0.25, 0.3) is 0 Å². The van der Waals surface area contributed by atoms with Crippen LogP contribution in [-0.2, 0) is 11.3 Å². The van der Waals surface area contributed by atoms with E-state index in [9.17, 15) is 4.39 Å². The van der Waals surface area contributed by atoms with Gasteiger partial charge < -0.3 is 15.0 Å². The van der Waals surface area contributed by atoms with Gasteiger partial charge in [0.1, 0.15) is 5.82 Å². The summed E-state index contributed by atoms with van der Waals surface area (Å²) in [6.45, 7) is 1.25. The first kappa shape index (κ1) is 17.9. The Balaban J connectivity index is 1.94. The molecule has 4 nitrogen and oxygen atoms in total. The minimum atomic E-state index is -0.227. The number of hydrogen-bond donors (Lipinski definition) is 1. The van der Waals surface area contributed by atoms with E-state index in [0.29, 0.717) is 13.1 Å². The van der Waals surface area contributed by atoms with E-state index >= 15 is 0 Å². The average Bonchev–Trinajstić information content (AvgIpc) is 2.61. The lowest BCUT2D eigenvalue weighted by Gasteiger charge is -2.24. The highest BCUT2D eigenvalue weighted by atomic mass is 19.1. The summed E-state index contributed by atoms with van der Waals surface area (Å²) in [5, 5.41) is 3.33. The second-order valence-electron chi connectivity index (χ2n) is 5.55. The Hall–Kier alpha value is -2.40. The predicted molar refractivity (Wildman–Crippen MR) is 95.4 cm³/mol. The fourth-order valence-corrected chi connectivity index (χ4v) is 2.51. The van der Waals surface area contributed by atoms with Crippen LogP contribution in [0, 0.1) is 5.82 Å². The number of aliphatic imine (C=N–C) groups is 1. The van der Waals surface area contributed by atoms with Crippen LogP contribution in [0.2, 0.25) is 0 Å². The van der Waals surface area contributed by atoms with E-state index in [0.717, 1.165) is 17.1 Å². The maximum absolute atomic E-state index is 13.0. The van der Waals surface area contributed by atoms with Gasteiger partial charge >= 0.3 is 0 Å². The van der Waals surface area contributed by atoms with E-state index < -0.39 is 0 Å². The van der Waals surface area contributed by atoms with Gasteiger partial charge in [0.15, 0.2) is 5.96 Å². The number of halogens is 1. The van der Waals surface area contributed by atoms with Crippen molar-refractivity contribution in [2.24, 2.45) is 4.99 Å². The van der Waals surface area contributed by atoms with Gasteiger partial charge in [0.2, 0.25) is 0 Å². The molecule has 0 aromatic heterocycles. The molecule has 1 N–H and O–H groups in total. The second kappa shape index (κ2) is 9.03. The molecule has 0 aliphatic heterocycles. The summed E-state index contributed by atoms with van der Waals surface area (Å²) >= 11 is 0. The second-order valence-corrected chi connectivity index (χ2v) is 5.55. The summed E-state index contributed by atoms with van der Waals surface area (Å²) in [6.07, 6.45) is -0.0535. The molecule has 1 atom stereocenters. The van der Waals surface area contributed by atoms with E-state index in [4.69, 9.17) is 4.74 Å². The van der Waals surface area contributed by atoms with Crippen molar-refractivity contribution in [3.63, 3.8) is 0 Å². The fraction of sp³-hybridized carbons (Fsp3) is 0.316. The quantitative estimate of drug-likeness (QED) is 0.653. The first-order valence-electron chi connectivity index (χ1n) is 7.88. The van der Waals surface area contributed by atoms with Crippen LogP contribution in [0.3, 0.4) is 0 Å². The van der Waals surface area contributed by atoms with Crippen LogP contribution in [0.15, 0.2) is 59.6 Å². The molecule has 2 rings (SSSR count). The zero-order chi connectivity index (χ0) is 17.4. The van der Waals surface area contributed by atoms with Crippen molar-refractivity contribution in [3.05, 3.63) is 71.5 Å². The van der Waals surface area contributed by atoms with Gasteiger partial charge in [-0.25, -0.2) is 4.39 Å². The highest BCUT2D eigenvalue weighted by Crippen LogP contribution is 2.15. The van der Waals surface area contributed by atoms with Crippen LogP contribution in [-0.4, -0.2) is 38.6 Å². The summed E-state index contributed by atoms with van der Waals surface area (Å²) in [6, 6.07) is 16.6. The molecular formula is C19H24FN3O. The monoisotopic (exact) mass is 329 g/mol. The van der Waals surface area contributed by atoms with Crippen molar-refractivity contribution in [2.75, 3.05) is 27.7 Å². The smallest absolute Gasteiger partial charge is 0.193 e. The molecule has 0 radical (unpaired) electrons. The largest absolute Gasteiger partial charge is 0.375 e. The molecule has 0 aliphatic rings. The van der Waals surface area contributed by atoms with Gasteiger partial charge in [-0.1, -0.05) is 42.5 Å². The van der Waals surface area contributed by atoms with Crippen molar-refractivity contribution < 1.29 is 9.13 Å². The molecule has 0 spiro atoms. The van der Waals surface area contributed by atoms with E-state index in [-0.39, 0.29) is 11.9 Å². The Morgan fingerprint density at radius 3 is 2.42 bits per heavy atom. The molecule has 0 heterocycles. The van der Waals surface area contributed by atoms with Gasteiger partial charge in [0.05, 0.1) is 6.10 Å². The molecule has 0 saturated heterocycles. The Morgan fingerprint density at radius 2 is 1.83 bits per heavy atom. The van der Waals surface area contributed by atoms with Gasteiger partial charge in [-0.05, 0) is 23.3 Å². The molecule has 0 saturated carbocycles. The molecule has 24 heavy (non-hydrogen) atoms. The Bertz CT molecular complexity index is 643. The Kier molecular flexibility index (Phi) is 6.75. The number of guanidine groups is 1. The van der Waals surface area contributed by atoms with Crippen molar-refractivity contribution in [2.45, 2.75) is 12.6 Å². The zero-order valence-corrected chi connectivity index (χ0v) is 14.4. The van der Waals surface area contributed by atoms with Gasteiger partial charge in [-0.3, -0.25) is 4.99 Å². The number of nitrogens with one attached hydrogen (secondary N) is 1. The number of ether oxygens (including phenoxy) is 1. The van der Waals surface area contributed by atoms with Gasteiger partial charge in [0.25, 0.3) is 0 Å². The van der Waals surface area contributed by atoms with Crippen molar-refractivity contribution >= 4 is 5.96 Å². The highest BCUT2D eigenvalue weighted by Gasteiger charge is 2.13. The maximum atomic E-state index is 13.0. The van der Waals surface area contributed by atoms with E-state index in [1.54, 1.807) is 26.3 Å². The third kappa shape index (κ3) is 5.06. The molecule has 0 bridgehead atoms. The summed E-state index contributed by atoms with van der Waals surface area (Å²) < 4.78 is 18.6. The van der Waals surface area contributed by atoms with Crippen LogP contribution in [0.4, 0.5) is 4.39 Å². The molecule has 128 valence electrons. The summed E-state index contributed by atoms with van der Waals surface area (Å²) in [7, 11) is 5.39. The number of methoxy groups -OCH3 is 1. The lowest BCUT2D eigenvalue weighted by Crippen LogP contribution is -2.40. The van der Waals surface area contributed by atoms with Gasteiger partial charge in [0, 0.05) is 34.3 Å². The minimum Gasteiger partial charge on any atom is -0.375 e. The SMILES string of the molecule is CN=C(NCC(OC)c1ccccc1)N(C)Cc1ccc(F)cc1. The predicted octanol–water partition coefficient (Wildman–Crippen LogP) is 3.22. The number of nitrogens with zero attached hydrogens (tertiary/aromatic N) is 2. The van der Waals surface area contributed by atoms with Crippen molar-refractivity contribution in [1.29, 1.82) is 0 Å². The lowest BCUT2D eigenvalue weighted by molar-refractivity contribution is 0.106. The van der Waals surface area contributed by atoms with Crippen molar-refractivity contribution in [3.8, 4) is 0 Å². The third-order valence-electron chi connectivity index (χ3n) is 3.81. The molecule has 2 aromatic carbocycles. The first-order valence-corrected chi connectivity index (χ1v) is 7.88. The molecular weight excluding hydrogens is 305 g/mol. The van der Waals surface area contributed by atoms with Crippen LogP contribution in [0.5, 0.6) is 0 Å². The lowest BCUT2D eigenvalue weighted by atomic mass is 10.1. The Labute approximate surface area is 143 Å². The number of hydrogen-bond acceptors (Lipinski definition) is 2. The minimum absolute atomic E-state index is 0.0535. The van der Waals surface area contributed by atoms with Crippen LogP contribution >= 0.6 is 0 Å². The Morgan fingerprint density at radius 1 is 1.17 bits per heavy atom. The van der Waals surface area contributed by atoms with Gasteiger partial charge in [-0.15, -0.1) is 0 Å². The summed E-state index contributed by atoms with van der Waals surface area (Å²) in [4.78, 5) is 6.29. The number of rotatable bonds is 6. The molecule has 0 fully saturated rings.